The molecule has 0 amide bonds. The van der Waals surface area contributed by atoms with Crippen LogP contribution in [0.4, 0.5) is 0 Å². The summed E-state index contributed by atoms with van der Waals surface area (Å²) in [7, 11) is 0. The quantitative estimate of drug-likeness (QED) is 0.555. The average molecular weight is 231 g/mol. The number of hydrogen-bond acceptors (Lipinski definition) is 3. The number of hydrogen-bond donors (Lipinski definition) is 3. The first-order valence-corrected chi connectivity index (χ1v) is 5.94. The van der Waals surface area contributed by atoms with E-state index in [1.54, 1.807) is 0 Å². The SMILES string of the molecule is CC(C)(C)CCCCC(NCCO)C(=O)O. The molecule has 4 heteroatoms. The van der Waals surface area contributed by atoms with Gasteiger partial charge in [0.1, 0.15) is 6.04 Å². The Balaban J connectivity index is 3.72. The maximum atomic E-state index is 10.9. The third kappa shape index (κ3) is 8.68. The predicted octanol–water partition coefficient (Wildman–Crippen LogP) is 1.63. The first kappa shape index (κ1) is 15.4. The molecule has 0 spiro atoms. The van der Waals surface area contributed by atoms with Crippen LogP contribution in [0.3, 0.4) is 0 Å². The molecule has 16 heavy (non-hydrogen) atoms. The highest BCUT2D eigenvalue weighted by molar-refractivity contribution is 5.73. The van der Waals surface area contributed by atoms with E-state index in [4.69, 9.17) is 10.2 Å². The Hall–Kier alpha value is -0.610. The van der Waals surface area contributed by atoms with Crippen LogP contribution in [0.5, 0.6) is 0 Å². The molecule has 1 unspecified atom stereocenters. The van der Waals surface area contributed by atoms with Gasteiger partial charge in [-0.05, 0) is 18.3 Å². The summed E-state index contributed by atoms with van der Waals surface area (Å²) in [6.45, 7) is 6.88. The molecular weight excluding hydrogens is 206 g/mol. The van der Waals surface area contributed by atoms with Crippen molar-refractivity contribution in [3.8, 4) is 0 Å². The second kappa shape index (κ2) is 7.63. The Labute approximate surface area is 98.1 Å². The highest BCUT2D eigenvalue weighted by Gasteiger charge is 2.16. The highest BCUT2D eigenvalue weighted by atomic mass is 16.4. The molecule has 0 aromatic carbocycles. The van der Waals surface area contributed by atoms with Gasteiger partial charge in [0.2, 0.25) is 0 Å². The minimum atomic E-state index is -0.829. The van der Waals surface area contributed by atoms with Crippen molar-refractivity contribution in [1.82, 2.24) is 5.32 Å². The van der Waals surface area contributed by atoms with Gasteiger partial charge < -0.3 is 15.5 Å². The Morgan fingerprint density at radius 1 is 1.31 bits per heavy atom. The maximum Gasteiger partial charge on any atom is 0.320 e. The number of aliphatic hydroxyl groups is 1. The standard InChI is InChI=1S/C12H25NO3/c1-12(2,3)7-5-4-6-10(11(15)16)13-8-9-14/h10,13-14H,4-9H2,1-3H3,(H,15,16). The highest BCUT2D eigenvalue weighted by Crippen LogP contribution is 2.22. The molecule has 0 aliphatic rings. The molecular formula is C12H25NO3. The molecule has 0 heterocycles. The zero-order valence-electron chi connectivity index (χ0n) is 10.6. The zero-order chi connectivity index (χ0) is 12.6. The molecule has 0 rings (SSSR count). The van der Waals surface area contributed by atoms with Crippen molar-refractivity contribution in [3.63, 3.8) is 0 Å². The molecule has 0 radical (unpaired) electrons. The van der Waals surface area contributed by atoms with Crippen LogP contribution in [0.15, 0.2) is 0 Å². The van der Waals surface area contributed by atoms with Gasteiger partial charge in [-0.25, -0.2) is 0 Å². The number of carboxylic acids is 1. The van der Waals surface area contributed by atoms with Gasteiger partial charge in [0.05, 0.1) is 6.61 Å². The third-order valence-corrected chi connectivity index (χ3v) is 2.47. The van der Waals surface area contributed by atoms with Gasteiger partial charge in [0, 0.05) is 6.54 Å². The predicted molar refractivity (Wildman–Crippen MR) is 64.4 cm³/mol. The minimum Gasteiger partial charge on any atom is -0.480 e. The van der Waals surface area contributed by atoms with Crippen LogP contribution in [-0.4, -0.2) is 35.4 Å². The lowest BCUT2D eigenvalue weighted by molar-refractivity contribution is -0.139. The van der Waals surface area contributed by atoms with Crippen molar-refractivity contribution in [3.05, 3.63) is 0 Å². The molecule has 0 bridgehead atoms. The van der Waals surface area contributed by atoms with E-state index in [-0.39, 0.29) is 6.61 Å². The first-order valence-electron chi connectivity index (χ1n) is 5.94. The number of aliphatic hydroxyl groups excluding tert-OH is 1. The van der Waals surface area contributed by atoms with Gasteiger partial charge in [0.25, 0.3) is 0 Å². The lowest BCUT2D eigenvalue weighted by Crippen LogP contribution is -2.38. The van der Waals surface area contributed by atoms with Gasteiger partial charge in [-0.3, -0.25) is 4.79 Å². The zero-order valence-corrected chi connectivity index (χ0v) is 10.6. The summed E-state index contributed by atoms with van der Waals surface area (Å²) in [6.07, 6.45) is 3.70. The van der Waals surface area contributed by atoms with Crippen LogP contribution >= 0.6 is 0 Å². The third-order valence-electron chi connectivity index (χ3n) is 2.47. The lowest BCUT2D eigenvalue weighted by Gasteiger charge is -2.18. The maximum absolute atomic E-state index is 10.9. The summed E-state index contributed by atoms with van der Waals surface area (Å²) in [5.74, 6) is -0.829. The Morgan fingerprint density at radius 3 is 2.38 bits per heavy atom. The summed E-state index contributed by atoms with van der Waals surface area (Å²) < 4.78 is 0. The molecule has 0 saturated carbocycles. The summed E-state index contributed by atoms with van der Waals surface area (Å²) in [5.41, 5.74) is 0.317. The van der Waals surface area contributed by atoms with Crippen LogP contribution < -0.4 is 5.32 Å². The summed E-state index contributed by atoms with van der Waals surface area (Å²) in [4.78, 5) is 10.9. The van der Waals surface area contributed by atoms with Crippen molar-refractivity contribution < 1.29 is 15.0 Å². The topological polar surface area (TPSA) is 69.6 Å². The van der Waals surface area contributed by atoms with E-state index in [2.05, 4.69) is 26.1 Å². The van der Waals surface area contributed by atoms with Crippen LogP contribution in [0, 0.1) is 5.41 Å². The van der Waals surface area contributed by atoms with Crippen LogP contribution in [0.1, 0.15) is 46.5 Å². The molecule has 0 aromatic heterocycles. The van der Waals surface area contributed by atoms with E-state index in [0.717, 1.165) is 19.3 Å². The molecule has 0 aromatic rings. The van der Waals surface area contributed by atoms with E-state index in [1.807, 2.05) is 0 Å². The van der Waals surface area contributed by atoms with E-state index in [1.165, 1.54) is 0 Å². The number of carbonyl (C=O) groups is 1. The van der Waals surface area contributed by atoms with Gasteiger partial charge in [-0.15, -0.1) is 0 Å². The average Bonchev–Trinajstić information content (AvgIpc) is 2.14. The summed E-state index contributed by atoms with van der Waals surface area (Å²) in [6, 6.07) is -0.521. The second-order valence-electron chi connectivity index (χ2n) is 5.37. The molecule has 1 atom stereocenters. The van der Waals surface area contributed by atoms with E-state index in [9.17, 15) is 4.79 Å². The Bertz CT molecular complexity index is 199. The van der Waals surface area contributed by atoms with Gasteiger partial charge >= 0.3 is 5.97 Å². The van der Waals surface area contributed by atoms with Crippen molar-refractivity contribution >= 4 is 5.97 Å². The van der Waals surface area contributed by atoms with Crippen molar-refractivity contribution in [2.45, 2.75) is 52.5 Å². The van der Waals surface area contributed by atoms with E-state index < -0.39 is 12.0 Å². The normalized spacial score (nSPS) is 13.8. The summed E-state index contributed by atoms with van der Waals surface area (Å²) >= 11 is 0. The van der Waals surface area contributed by atoms with Gasteiger partial charge in [-0.1, -0.05) is 33.6 Å². The van der Waals surface area contributed by atoms with E-state index in [0.29, 0.717) is 18.4 Å². The molecule has 3 N–H and O–H groups in total. The lowest BCUT2D eigenvalue weighted by atomic mass is 9.89. The molecule has 0 saturated heterocycles. The van der Waals surface area contributed by atoms with Crippen molar-refractivity contribution in [2.24, 2.45) is 5.41 Å². The first-order chi connectivity index (χ1) is 7.37. The smallest absolute Gasteiger partial charge is 0.320 e. The monoisotopic (exact) mass is 231 g/mol. The van der Waals surface area contributed by atoms with Crippen molar-refractivity contribution in [1.29, 1.82) is 0 Å². The fourth-order valence-electron chi connectivity index (χ4n) is 1.56. The Morgan fingerprint density at radius 2 is 1.94 bits per heavy atom. The fourth-order valence-corrected chi connectivity index (χ4v) is 1.56. The molecule has 0 aliphatic heterocycles. The number of carboxylic acid groups (broad SMARTS) is 1. The largest absolute Gasteiger partial charge is 0.480 e. The number of unbranched alkanes of at least 4 members (excludes halogenated alkanes) is 1. The van der Waals surface area contributed by atoms with Gasteiger partial charge in [-0.2, -0.15) is 0 Å². The second-order valence-corrected chi connectivity index (χ2v) is 5.37. The van der Waals surface area contributed by atoms with Gasteiger partial charge in [0.15, 0.2) is 0 Å². The Kier molecular flexibility index (Phi) is 7.34. The number of nitrogens with one attached hydrogen (secondary N) is 1. The van der Waals surface area contributed by atoms with Crippen LogP contribution in [0.2, 0.25) is 0 Å². The molecule has 96 valence electrons. The fraction of sp³-hybridized carbons (Fsp3) is 0.917. The van der Waals surface area contributed by atoms with E-state index >= 15 is 0 Å². The minimum absolute atomic E-state index is 0.0221. The molecule has 0 aliphatic carbocycles. The van der Waals surface area contributed by atoms with Crippen molar-refractivity contribution in [2.75, 3.05) is 13.2 Å². The van der Waals surface area contributed by atoms with Crippen LogP contribution in [0.25, 0.3) is 0 Å². The van der Waals surface area contributed by atoms with Crippen LogP contribution in [-0.2, 0) is 4.79 Å². The molecule has 4 nitrogen and oxygen atoms in total. The summed E-state index contributed by atoms with van der Waals surface area (Å²) in [5, 5.41) is 20.4. The number of aliphatic carboxylic acids is 1. The number of rotatable bonds is 8. The molecule has 0 fully saturated rings.